The Morgan fingerprint density at radius 1 is 1.28 bits per heavy atom. The molecule has 0 amide bonds. The van der Waals surface area contributed by atoms with Crippen LogP contribution in [0.2, 0.25) is 0 Å². The summed E-state index contributed by atoms with van der Waals surface area (Å²) < 4.78 is 1.01. The number of aliphatic hydroxyl groups excluding tert-OH is 1. The Morgan fingerprint density at radius 2 is 1.94 bits per heavy atom. The Bertz CT molecular complexity index is 519. The molecule has 0 aliphatic rings. The Morgan fingerprint density at radius 3 is 2.50 bits per heavy atom. The van der Waals surface area contributed by atoms with Gasteiger partial charge in [0.1, 0.15) is 5.01 Å². The van der Waals surface area contributed by atoms with Gasteiger partial charge in [-0.2, -0.15) is 0 Å². The molecule has 0 radical (unpaired) electrons. The standard InChI is InChI=1S/C14H16BrNOS/c1-9(2)10-3-5-11(6-4-10)14-16-12(7-8-17)13(15)18-14/h3-6,9,17H,7-8H2,1-2H3. The smallest absolute Gasteiger partial charge is 0.124 e. The number of nitrogens with zero attached hydrogens (tertiary/aromatic N) is 1. The van der Waals surface area contributed by atoms with E-state index in [1.807, 2.05) is 0 Å². The summed E-state index contributed by atoms with van der Waals surface area (Å²) in [5.74, 6) is 0.548. The van der Waals surface area contributed by atoms with E-state index in [0.717, 1.165) is 20.1 Å². The third kappa shape index (κ3) is 2.99. The molecule has 0 unspecified atom stereocenters. The second-order valence-electron chi connectivity index (χ2n) is 4.49. The van der Waals surface area contributed by atoms with Crippen LogP contribution in [0.4, 0.5) is 0 Å². The van der Waals surface area contributed by atoms with Crippen LogP contribution in [-0.4, -0.2) is 16.7 Å². The summed E-state index contributed by atoms with van der Waals surface area (Å²) >= 11 is 5.11. The largest absolute Gasteiger partial charge is 0.396 e. The van der Waals surface area contributed by atoms with Crippen molar-refractivity contribution in [1.82, 2.24) is 4.98 Å². The van der Waals surface area contributed by atoms with E-state index < -0.39 is 0 Å². The van der Waals surface area contributed by atoms with Gasteiger partial charge in [-0.15, -0.1) is 11.3 Å². The molecule has 0 saturated carbocycles. The number of benzene rings is 1. The summed E-state index contributed by atoms with van der Waals surface area (Å²) in [6.07, 6.45) is 0.598. The van der Waals surface area contributed by atoms with Crippen LogP contribution in [0.3, 0.4) is 0 Å². The van der Waals surface area contributed by atoms with Crippen LogP contribution in [-0.2, 0) is 6.42 Å². The molecule has 2 aromatic rings. The first-order valence-corrected chi connectivity index (χ1v) is 7.59. The summed E-state index contributed by atoms with van der Waals surface area (Å²) in [5, 5.41) is 9.97. The highest BCUT2D eigenvalue weighted by Crippen LogP contribution is 2.32. The van der Waals surface area contributed by atoms with Gasteiger partial charge >= 0.3 is 0 Å². The van der Waals surface area contributed by atoms with Gasteiger partial charge in [0, 0.05) is 18.6 Å². The molecule has 4 heteroatoms. The predicted molar refractivity (Wildman–Crippen MR) is 80.1 cm³/mol. The topological polar surface area (TPSA) is 33.1 Å². The Labute approximate surface area is 120 Å². The van der Waals surface area contributed by atoms with E-state index in [1.54, 1.807) is 11.3 Å². The molecule has 0 bridgehead atoms. The van der Waals surface area contributed by atoms with E-state index in [1.165, 1.54) is 5.56 Å². The van der Waals surface area contributed by atoms with Gasteiger partial charge in [0.15, 0.2) is 0 Å². The van der Waals surface area contributed by atoms with Crippen LogP contribution in [0, 0.1) is 0 Å². The van der Waals surface area contributed by atoms with Gasteiger partial charge in [-0.05, 0) is 27.4 Å². The second-order valence-corrected chi connectivity index (χ2v) is 6.81. The molecule has 1 aromatic carbocycles. The van der Waals surface area contributed by atoms with Crippen LogP contribution in [0.1, 0.15) is 31.0 Å². The first kappa shape index (κ1) is 13.7. The first-order valence-electron chi connectivity index (χ1n) is 5.98. The number of rotatable bonds is 4. The lowest BCUT2D eigenvalue weighted by Crippen LogP contribution is -1.91. The maximum atomic E-state index is 8.97. The fourth-order valence-corrected chi connectivity index (χ4v) is 3.32. The average Bonchev–Trinajstić information content (AvgIpc) is 2.72. The SMILES string of the molecule is CC(C)c1ccc(-c2nc(CCO)c(Br)s2)cc1. The molecule has 2 rings (SSSR count). The number of aliphatic hydroxyl groups is 1. The molecular weight excluding hydrogens is 310 g/mol. The third-order valence-corrected chi connectivity index (χ3v) is 4.70. The van der Waals surface area contributed by atoms with Crippen molar-refractivity contribution in [3.8, 4) is 10.6 Å². The minimum absolute atomic E-state index is 0.133. The molecule has 1 heterocycles. The van der Waals surface area contributed by atoms with Crippen LogP contribution in [0.5, 0.6) is 0 Å². The van der Waals surface area contributed by atoms with Crippen LogP contribution >= 0.6 is 27.3 Å². The van der Waals surface area contributed by atoms with Gasteiger partial charge in [0.05, 0.1) is 9.48 Å². The summed E-state index contributed by atoms with van der Waals surface area (Å²) in [5.41, 5.74) is 3.41. The lowest BCUT2D eigenvalue weighted by Gasteiger charge is -2.05. The molecule has 0 aliphatic heterocycles. The number of thiazole rings is 1. The zero-order valence-corrected chi connectivity index (χ0v) is 12.9. The summed E-state index contributed by atoms with van der Waals surface area (Å²) in [7, 11) is 0. The molecule has 2 nitrogen and oxygen atoms in total. The van der Waals surface area contributed by atoms with Gasteiger partial charge in [-0.25, -0.2) is 4.98 Å². The molecule has 0 atom stereocenters. The number of hydrogen-bond donors (Lipinski definition) is 1. The normalized spacial score (nSPS) is 11.2. The highest BCUT2D eigenvalue weighted by atomic mass is 79.9. The van der Waals surface area contributed by atoms with Crippen LogP contribution < -0.4 is 0 Å². The predicted octanol–water partition coefficient (Wildman–Crippen LogP) is 4.23. The van der Waals surface area contributed by atoms with E-state index in [0.29, 0.717) is 12.3 Å². The highest BCUT2D eigenvalue weighted by Gasteiger charge is 2.10. The summed E-state index contributed by atoms with van der Waals surface area (Å²) in [6, 6.07) is 8.54. The molecule has 0 spiro atoms. The van der Waals surface area contributed by atoms with Gasteiger partial charge in [0.2, 0.25) is 0 Å². The fourth-order valence-electron chi connectivity index (χ4n) is 1.73. The Balaban J connectivity index is 2.28. The molecule has 0 fully saturated rings. The van der Waals surface area contributed by atoms with Gasteiger partial charge in [-0.1, -0.05) is 38.1 Å². The monoisotopic (exact) mass is 325 g/mol. The molecule has 96 valence electrons. The van der Waals surface area contributed by atoms with Crippen molar-refractivity contribution in [2.75, 3.05) is 6.61 Å². The third-order valence-electron chi connectivity index (χ3n) is 2.82. The van der Waals surface area contributed by atoms with E-state index >= 15 is 0 Å². The summed E-state index contributed by atoms with van der Waals surface area (Å²) in [4.78, 5) is 4.56. The van der Waals surface area contributed by atoms with Crippen molar-refractivity contribution in [2.45, 2.75) is 26.2 Å². The van der Waals surface area contributed by atoms with E-state index in [2.05, 4.69) is 59.0 Å². The maximum absolute atomic E-state index is 8.97. The minimum Gasteiger partial charge on any atom is -0.396 e. The maximum Gasteiger partial charge on any atom is 0.124 e. The van der Waals surface area contributed by atoms with E-state index in [9.17, 15) is 0 Å². The van der Waals surface area contributed by atoms with Crippen LogP contribution in [0.25, 0.3) is 10.6 Å². The zero-order chi connectivity index (χ0) is 13.1. The lowest BCUT2D eigenvalue weighted by atomic mass is 10.0. The van der Waals surface area contributed by atoms with Gasteiger partial charge in [0.25, 0.3) is 0 Å². The zero-order valence-electron chi connectivity index (χ0n) is 10.5. The second kappa shape index (κ2) is 5.95. The van der Waals surface area contributed by atoms with Gasteiger partial charge in [-0.3, -0.25) is 0 Å². The van der Waals surface area contributed by atoms with Gasteiger partial charge < -0.3 is 5.11 Å². The van der Waals surface area contributed by atoms with Crippen molar-refractivity contribution >= 4 is 27.3 Å². The molecule has 18 heavy (non-hydrogen) atoms. The van der Waals surface area contributed by atoms with Crippen molar-refractivity contribution < 1.29 is 5.11 Å². The average molecular weight is 326 g/mol. The van der Waals surface area contributed by atoms with E-state index in [-0.39, 0.29) is 6.61 Å². The molecule has 0 aliphatic carbocycles. The Hall–Kier alpha value is -0.710. The van der Waals surface area contributed by atoms with E-state index in [4.69, 9.17) is 5.11 Å². The highest BCUT2D eigenvalue weighted by molar-refractivity contribution is 9.11. The minimum atomic E-state index is 0.133. The van der Waals surface area contributed by atoms with Crippen LogP contribution in [0.15, 0.2) is 28.1 Å². The number of halogens is 1. The lowest BCUT2D eigenvalue weighted by molar-refractivity contribution is 0.298. The number of hydrogen-bond acceptors (Lipinski definition) is 3. The van der Waals surface area contributed by atoms with Crippen molar-refractivity contribution in [3.05, 3.63) is 39.3 Å². The molecule has 0 saturated heterocycles. The number of aromatic nitrogens is 1. The first-order chi connectivity index (χ1) is 8.61. The quantitative estimate of drug-likeness (QED) is 0.912. The van der Waals surface area contributed by atoms with Crippen molar-refractivity contribution in [2.24, 2.45) is 0 Å². The molecular formula is C14H16BrNOS. The Kier molecular flexibility index (Phi) is 4.54. The summed E-state index contributed by atoms with van der Waals surface area (Å²) in [6.45, 7) is 4.51. The van der Waals surface area contributed by atoms with Crippen molar-refractivity contribution in [3.63, 3.8) is 0 Å². The molecule has 1 aromatic heterocycles. The van der Waals surface area contributed by atoms with Crippen molar-refractivity contribution in [1.29, 1.82) is 0 Å². The fraction of sp³-hybridized carbons (Fsp3) is 0.357. The molecule has 1 N–H and O–H groups in total.